The van der Waals surface area contributed by atoms with Gasteiger partial charge in [0.25, 0.3) is 0 Å². The van der Waals surface area contributed by atoms with Gasteiger partial charge in [-0.1, -0.05) is 62.6 Å². The van der Waals surface area contributed by atoms with Crippen molar-refractivity contribution in [2.75, 3.05) is 7.11 Å². The van der Waals surface area contributed by atoms with Gasteiger partial charge in [0.1, 0.15) is 0 Å². The summed E-state index contributed by atoms with van der Waals surface area (Å²) in [6.07, 6.45) is 24.6. The highest BCUT2D eigenvalue weighted by atomic mass is 16.6. The van der Waals surface area contributed by atoms with E-state index in [1.165, 1.54) is 32.8 Å². The van der Waals surface area contributed by atoms with E-state index in [-0.39, 0.29) is 5.97 Å². The molecule has 0 aliphatic carbocycles. The van der Waals surface area contributed by atoms with Gasteiger partial charge in [0.05, 0.1) is 19.3 Å². The largest absolute Gasteiger partial charge is 0.469 e. The Bertz CT molecular complexity index is 409. The van der Waals surface area contributed by atoms with Gasteiger partial charge in [-0.05, 0) is 38.5 Å². The van der Waals surface area contributed by atoms with Crippen molar-refractivity contribution in [3.8, 4) is 0 Å². The van der Waals surface area contributed by atoms with Crippen LogP contribution in [-0.4, -0.2) is 25.3 Å². The van der Waals surface area contributed by atoms with Crippen LogP contribution in [0.1, 0.15) is 71.1 Å². The van der Waals surface area contributed by atoms with Crippen molar-refractivity contribution < 1.29 is 14.3 Å². The third-order valence-corrected chi connectivity index (χ3v) is 4.17. The first-order valence-electron chi connectivity index (χ1n) is 9.45. The fraction of sp³-hybridized carbons (Fsp3) is 0.667. The summed E-state index contributed by atoms with van der Waals surface area (Å²) in [6.45, 7) is 2.24. The van der Waals surface area contributed by atoms with Gasteiger partial charge >= 0.3 is 5.97 Å². The standard InChI is InChI=1S/C21H34O3/c1-3-4-13-16-19-20(24-19)17-14-11-9-7-5-6-8-10-12-15-18-21(22)23-2/h5,7-8,10-11,14,19-20H,3-4,6,9,12-13,15-18H2,1-2H3/b7-5-,10-8-,14-11-/t19-,20-/m1/s1. The molecule has 2 atom stereocenters. The van der Waals surface area contributed by atoms with Gasteiger partial charge in [0.2, 0.25) is 0 Å². The highest BCUT2D eigenvalue weighted by Crippen LogP contribution is 2.30. The Morgan fingerprint density at radius 3 is 2.38 bits per heavy atom. The van der Waals surface area contributed by atoms with Crippen molar-refractivity contribution in [1.29, 1.82) is 0 Å². The molecule has 0 saturated carbocycles. The molecule has 0 bridgehead atoms. The smallest absolute Gasteiger partial charge is 0.305 e. The summed E-state index contributed by atoms with van der Waals surface area (Å²) in [7, 11) is 1.43. The topological polar surface area (TPSA) is 38.8 Å². The molecule has 1 heterocycles. The van der Waals surface area contributed by atoms with Crippen LogP contribution in [0.25, 0.3) is 0 Å². The van der Waals surface area contributed by atoms with E-state index in [0.717, 1.165) is 32.1 Å². The first-order chi connectivity index (χ1) is 11.8. The van der Waals surface area contributed by atoms with Crippen LogP contribution in [0.4, 0.5) is 0 Å². The highest BCUT2D eigenvalue weighted by molar-refractivity contribution is 5.69. The lowest BCUT2D eigenvalue weighted by Gasteiger charge is -1.95. The molecule has 0 aromatic rings. The number of methoxy groups -OCH3 is 1. The van der Waals surface area contributed by atoms with Crippen LogP contribution in [0.3, 0.4) is 0 Å². The van der Waals surface area contributed by atoms with Gasteiger partial charge in [-0.3, -0.25) is 4.79 Å². The molecule has 0 unspecified atom stereocenters. The number of hydrogen-bond donors (Lipinski definition) is 0. The van der Waals surface area contributed by atoms with Crippen LogP contribution in [-0.2, 0) is 14.3 Å². The second-order valence-corrected chi connectivity index (χ2v) is 6.30. The predicted octanol–water partition coefficient (Wildman–Crippen LogP) is 5.52. The second kappa shape index (κ2) is 14.0. The van der Waals surface area contributed by atoms with E-state index in [4.69, 9.17) is 4.74 Å². The zero-order chi connectivity index (χ0) is 17.5. The van der Waals surface area contributed by atoms with E-state index < -0.39 is 0 Å². The average molecular weight is 335 g/mol. The number of esters is 1. The zero-order valence-electron chi connectivity index (χ0n) is 15.4. The fourth-order valence-corrected chi connectivity index (χ4v) is 2.59. The number of ether oxygens (including phenoxy) is 2. The molecule has 0 N–H and O–H groups in total. The van der Waals surface area contributed by atoms with Crippen LogP contribution in [0, 0.1) is 0 Å². The van der Waals surface area contributed by atoms with E-state index in [1.54, 1.807) is 0 Å². The van der Waals surface area contributed by atoms with Crippen LogP contribution in [0.2, 0.25) is 0 Å². The monoisotopic (exact) mass is 334 g/mol. The quantitative estimate of drug-likeness (QED) is 0.182. The maximum Gasteiger partial charge on any atom is 0.305 e. The summed E-state index contributed by atoms with van der Waals surface area (Å²) < 4.78 is 10.3. The number of hydrogen-bond acceptors (Lipinski definition) is 3. The van der Waals surface area contributed by atoms with E-state index in [2.05, 4.69) is 48.1 Å². The molecule has 0 spiro atoms. The molecule has 1 saturated heterocycles. The lowest BCUT2D eigenvalue weighted by molar-refractivity contribution is -0.140. The second-order valence-electron chi connectivity index (χ2n) is 6.30. The molecular formula is C21H34O3. The maximum atomic E-state index is 10.9. The molecular weight excluding hydrogens is 300 g/mol. The first kappa shape index (κ1) is 20.7. The number of rotatable bonds is 14. The first-order valence-corrected chi connectivity index (χ1v) is 9.45. The molecule has 1 rings (SSSR count). The Morgan fingerprint density at radius 1 is 0.958 bits per heavy atom. The Kier molecular flexibility index (Phi) is 12.1. The molecule has 0 aromatic carbocycles. The summed E-state index contributed by atoms with van der Waals surface area (Å²) in [5, 5.41) is 0. The van der Waals surface area contributed by atoms with Crippen LogP contribution in [0.5, 0.6) is 0 Å². The summed E-state index contributed by atoms with van der Waals surface area (Å²) in [4.78, 5) is 10.9. The van der Waals surface area contributed by atoms with Gasteiger partial charge in [-0.25, -0.2) is 0 Å². The number of epoxide rings is 1. The van der Waals surface area contributed by atoms with Gasteiger partial charge in [0.15, 0.2) is 0 Å². The molecule has 1 aliphatic heterocycles. The molecule has 1 fully saturated rings. The molecule has 3 nitrogen and oxygen atoms in total. The van der Waals surface area contributed by atoms with Gasteiger partial charge < -0.3 is 9.47 Å². The molecule has 136 valence electrons. The summed E-state index contributed by atoms with van der Waals surface area (Å²) in [5.74, 6) is -0.126. The van der Waals surface area contributed by atoms with Gasteiger partial charge in [-0.15, -0.1) is 0 Å². The molecule has 24 heavy (non-hydrogen) atoms. The SMILES string of the molecule is CCCCC[C@H]1O[C@@H]1C/C=C\C/C=C\C/C=C\CCCC(=O)OC. The van der Waals surface area contributed by atoms with Gasteiger partial charge in [0, 0.05) is 6.42 Å². The van der Waals surface area contributed by atoms with Crippen LogP contribution >= 0.6 is 0 Å². The summed E-state index contributed by atoms with van der Waals surface area (Å²) in [6, 6.07) is 0. The Hall–Kier alpha value is -1.35. The minimum absolute atomic E-state index is 0.126. The predicted molar refractivity (Wildman–Crippen MR) is 99.9 cm³/mol. The average Bonchev–Trinajstić information content (AvgIpc) is 3.34. The molecule has 3 heteroatoms. The molecule has 0 aromatic heterocycles. The third-order valence-electron chi connectivity index (χ3n) is 4.17. The minimum atomic E-state index is -0.126. The van der Waals surface area contributed by atoms with E-state index in [1.807, 2.05) is 0 Å². The molecule has 1 aliphatic rings. The minimum Gasteiger partial charge on any atom is -0.469 e. The zero-order valence-corrected chi connectivity index (χ0v) is 15.4. The van der Waals surface area contributed by atoms with Gasteiger partial charge in [-0.2, -0.15) is 0 Å². The van der Waals surface area contributed by atoms with Crippen molar-refractivity contribution in [3.05, 3.63) is 36.5 Å². The van der Waals surface area contributed by atoms with Crippen LogP contribution in [0.15, 0.2) is 36.5 Å². The van der Waals surface area contributed by atoms with E-state index in [0.29, 0.717) is 18.6 Å². The normalized spacial score (nSPS) is 20.4. The van der Waals surface area contributed by atoms with E-state index in [9.17, 15) is 4.79 Å². The number of unbranched alkanes of at least 4 members (excludes halogenated alkanes) is 3. The lowest BCUT2D eigenvalue weighted by Crippen LogP contribution is -1.98. The third kappa shape index (κ3) is 11.2. The molecule has 0 amide bonds. The van der Waals surface area contributed by atoms with Crippen molar-refractivity contribution in [1.82, 2.24) is 0 Å². The summed E-state index contributed by atoms with van der Waals surface area (Å²) >= 11 is 0. The fourth-order valence-electron chi connectivity index (χ4n) is 2.59. The number of allylic oxidation sites excluding steroid dienone is 5. The Morgan fingerprint density at radius 2 is 1.67 bits per heavy atom. The maximum absolute atomic E-state index is 10.9. The van der Waals surface area contributed by atoms with Crippen molar-refractivity contribution >= 4 is 5.97 Å². The Labute approximate surface area is 147 Å². The van der Waals surface area contributed by atoms with Crippen molar-refractivity contribution in [2.24, 2.45) is 0 Å². The number of carbonyl (C=O) groups excluding carboxylic acids is 1. The van der Waals surface area contributed by atoms with Crippen molar-refractivity contribution in [3.63, 3.8) is 0 Å². The molecule has 0 radical (unpaired) electrons. The lowest BCUT2D eigenvalue weighted by atomic mass is 10.1. The Balaban J connectivity index is 1.90. The summed E-state index contributed by atoms with van der Waals surface area (Å²) in [5.41, 5.74) is 0. The van der Waals surface area contributed by atoms with Crippen LogP contribution < -0.4 is 0 Å². The van der Waals surface area contributed by atoms with E-state index >= 15 is 0 Å². The highest BCUT2D eigenvalue weighted by Gasteiger charge is 2.36. The number of carbonyl (C=O) groups is 1. The van der Waals surface area contributed by atoms with Crippen molar-refractivity contribution in [2.45, 2.75) is 83.3 Å².